The van der Waals surface area contributed by atoms with Gasteiger partial charge in [-0.25, -0.2) is 9.97 Å². The van der Waals surface area contributed by atoms with Gasteiger partial charge in [0.25, 0.3) is 0 Å². The number of piperidine rings is 1. The number of carbonyl (C=O) groups excluding carboxylic acids is 1. The summed E-state index contributed by atoms with van der Waals surface area (Å²) in [4.78, 5) is 21.7. The van der Waals surface area contributed by atoms with Gasteiger partial charge >= 0.3 is 5.97 Å². The van der Waals surface area contributed by atoms with Crippen molar-refractivity contribution < 1.29 is 9.53 Å². The number of rotatable bonds is 2. The van der Waals surface area contributed by atoms with Gasteiger partial charge in [-0.05, 0) is 12.8 Å². The minimum Gasteiger partial charge on any atom is -0.469 e. The van der Waals surface area contributed by atoms with E-state index in [0.717, 1.165) is 19.4 Å². The Labute approximate surface area is 105 Å². The molecule has 1 aromatic rings. The second-order valence-corrected chi connectivity index (χ2v) is 4.34. The highest BCUT2D eigenvalue weighted by molar-refractivity contribution is 6.31. The van der Waals surface area contributed by atoms with Crippen LogP contribution in [0.15, 0.2) is 12.4 Å². The van der Waals surface area contributed by atoms with E-state index < -0.39 is 0 Å². The van der Waals surface area contributed by atoms with E-state index in [-0.39, 0.29) is 11.9 Å². The van der Waals surface area contributed by atoms with Crippen molar-refractivity contribution in [1.82, 2.24) is 9.97 Å². The lowest BCUT2D eigenvalue weighted by atomic mass is 9.98. The second-order valence-electron chi connectivity index (χ2n) is 3.98. The van der Waals surface area contributed by atoms with Crippen LogP contribution in [-0.2, 0) is 9.53 Å². The minimum atomic E-state index is -0.172. The molecule has 1 aliphatic rings. The highest BCUT2D eigenvalue weighted by Gasteiger charge is 2.28. The monoisotopic (exact) mass is 255 g/mol. The van der Waals surface area contributed by atoms with Gasteiger partial charge in [0.15, 0.2) is 11.0 Å². The maximum Gasteiger partial charge on any atom is 0.310 e. The van der Waals surface area contributed by atoms with Crippen molar-refractivity contribution in [3.8, 4) is 0 Å². The molecule has 1 aliphatic heterocycles. The van der Waals surface area contributed by atoms with Crippen LogP contribution < -0.4 is 4.90 Å². The Morgan fingerprint density at radius 3 is 3.00 bits per heavy atom. The Morgan fingerprint density at radius 2 is 2.29 bits per heavy atom. The van der Waals surface area contributed by atoms with Gasteiger partial charge < -0.3 is 9.64 Å². The summed E-state index contributed by atoms with van der Waals surface area (Å²) in [6.45, 7) is 1.43. The summed E-state index contributed by atoms with van der Waals surface area (Å²) in [6.07, 6.45) is 4.92. The van der Waals surface area contributed by atoms with E-state index in [4.69, 9.17) is 16.3 Å². The highest BCUT2D eigenvalue weighted by atomic mass is 35.5. The second kappa shape index (κ2) is 5.31. The van der Waals surface area contributed by atoms with Gasteiger partial charge in [0.2, 0.25) is 0 Å². The molecule has 2 rings (SSSR count). The topological polar surface area (TPSA) is 55.3 Å². The van der Waals surface area contributed by atoms with Crippen molar-refractivity contribution in [2.45, 2.75) is 12.8 Å². The van der Waals surface area contributed by atoms with Crippen LogP contribution in [-0.4, -0.2) is 36.1 Å². The summed E-state index contributed by atoms with van der Waals surface area (Å²) in [5, 5.41) is 0.373. The number of halogens is 1. The van der Waals surface area contributed by atoms with Crippen LogP contribution in [0, 0.1) is 5.92 Å². The van der Waals surface area contributed by atoms with Crippen LogP contribution in [0.5, 0.6) is 0 Å². The molecule has 1 fully saturated rings. The number of methoxy groups -OCH3 is 1. The summed E-state index contributed by atoms with van der Waals surface area (Å²) in [5.41, 5.74) is 0. The molecule has 0 radical (unpaired) electrons. The number of nitrogens with zero attached hydrogens (tertiary/aromatic N) is 3. The third kappa shape index (κ3) is 2.66. The molecule has 0 amide bonds. The first-order valence-corrected chi connectivity index (χ1v) is 5.89. The SMILES string of the molecule is COC(=O)[C@@H]1CCCN(c2nccnc2Cl)C1. The van der Waals surface area contributed by atoms with Crippen LogP contribution in [0.25, 0.3) is 0 Å². The summed E-state index contributed by atoms with van der Waals surface area (Å²) >= 11 is 5.99. The zero-order valence-corrected chi connectivity index (χ0v) is 10.4. The van der Waals surface area contributed by atoms with E-state index in [1.807, 2.05) is 4.90 Å². The first-order valence-electron chi connectivity index (χ1n) is 5.51. The van der Waals surface area contributed by atoms with Crippen LogP contribution in [0.3, 0.4) is 0 Å². The molecular weight excluding hydrogens is 242 g/mol. The molecule has 0 aliphatic carbocycles. The molecule has 5 nitrogen and oxygen atoms in total. The average molecular weight is 256 g/mol. The minimum absolute atomic E-state index is 0.105. The molecule has 1 atom stereocenters. The van der Waals surface area contributed by atoms with E-state index in [1.54, 1.807) is 12.4 Å². The fraction of sp³-hybridized carbons (Fsp3) is 0.545. The Morgan fingerprint density at radius 1 is 1.53 bits per heavy atom. The molecule has 2 heterocycles. The van der Waals surface area contributed by atoms with Crippen molar-refractivity contribution >= 4 is 23.4 Å². The lowest BCUT2D eigenvalue weighted by Crippen LogP contribution is -2.39. The maximum absolute atomic E-state index is 11.5. The number of aromatic nitrogens is 2. The fourth-order valence-electron chi connectivity index (χ4n) is 2.05. The smallest absolute Gasteiger partial charge is 0.310 e. The number of esters is 1. The largest absolute Gasteiger partial charge is 0.469 e. The van der Waals surface area contributed by atoms with Crippen molar-refractivity contribution in [2.75, 3.05) is 25.1 Å². The molecule has 17 heavy (non-hydrogen) atoms. The Hall–Kier alpha value is -1.36. The molecule has 0 bridgehead atoms. The van der Waals surface area contributed by atoms with Crippen molar-refractivity contribution in [2.24, 2.45) is 5.92 Å². The Bertz CT molecular complexity index is 413. The van der Waals surface area contributed by atoms with E-state index in [1.165, 1.54) is 7.11 Å². The number of hydrogen-bond donors (Lipinski definition) is 0. The number of anilines is 1. The molecular formula is C11H14ClN3O2. The highest BCUT2D eigenvalue weighted by Crippen LogP contribution is 2.26. The van der Waals surface area contributed by atoms with Gasteiger partial charge in [0, 0.05) is 25.5 Å². The van der Waals surface area contributed by atoms with Crippen molar-refractivity contribution in [3.63, 3.8) is 0 Å². The molecule has 0 saturated carbocycles. The predicted molar refractivity (Wildman–Crippen MR) is 64.0 cm³/mol. The van der Waals surface area contributed by atoms with Crippen molar-refractivity contribution in [3.05, 3.63) is 17.5 Å². The predicted octanol–water partition coefficient (Wildman–Crippen LogP) is 1.52. The Balaban J connectivity index is 2.12. The van der Waals surface area contributed by atoms with Gasteiger partial charge in [-0.3, -0.25) is 4.79 Å². The molecule has 1 aromatic heterocycles. The fourth-order valence-corrected chi connectivity index (χ4v) is 2.28. The van der Waals surface area contributed by atoms with Crippen molar-refractivity contribution in [1.29, 1.82) is 0 Å². The Kier molecular flexibility index (Phi) is 3.78. The first-order chi connectivity index (χ1) is 8.22. The molecule has 1 saturated heterocycles. The molecule has 0 spiro atoms. The van der Waals surface area contributed by atoms with Gasteiger partial charge in [0.05, 0.1) is 13.0 Å². The average Bonchev–Trinajstić information content (AvgIpc) is 2.38. The van der Waals surface area contributed by atoms with E-state index in [2.05, 4.69) is 9.97 Å². The van der Waals surface area contributed by atoms with E-state index >= 15 is 0 Å². The standard InChI is InChI=1S/C11H14ClN3O2/c1-17-11(16)8-3-2-6-15(7-8)10-9(12)13-4-5-14-10/h4-5,8H,2-3,6-7H2,1H3/t8-/m1/s1. The number of hydrogen-bond acceptors (Lipinski definition) is 5. The number of ether oxygens (including phenoxy) is 1. The maximum atomic E-state index is 11.5. The molecule has 0 N–H and O–H groups in total. The third-order valence-corrected chi connectivity index (χ3v) is 3.16. The normalized spacial score (nSPS) is 20.1. The lowest BCUT2D eigenvalue weighted by Gasteiger charge is -2.32. The summed E-state index contributed by atoms with van der Waals surface area (Å²) < 4.78 is 4.77. The molecule has 0 aromatic carbocycles. The lowest BCUT2D eigenvalue weighted by molar-refractivity contribution is -0.145. The van der Waals surface area contributed by atoms with Gasteiger partial charge in [-0.15, -0.1) is 0 Å². The summed E-state index contributed by atoms with van der Waals surface area (Å²) in [7, 11) is 1.41. The first kappa shape index (κ1) is 12.1. The number of carbonyl (C=O) groups is 1. The van der Waals surface area contributed by atoms with E-state index in [0.29, 0.717) is 17.5 Å². The van der Waals surface area contributed by atoms with E-state index in [9.17, 15) is 4.79 Å². The quantitative estimate of drug-likeness (QED) is 0.750. The third-order valence-electron chi connectivity index (χ3n) is 2.89. The summed E-state index contributed by atoms with van der Waals surface area (Å²) in [6, 6.07) is 0. The van der Waals surface area contributed by atoms with Crippen LogP contribution >= 0.6 is 11.6 Å². The van der Waals surface area contributed by atoms with Crippen LogP contribution in [0.1, 0.15) is 12.8 Å². The van der Waals surface area contributed by atoms with Crippen LogP contribution in [0.4, 0.5) is 5.82 Å². The van der Waals surface area contributed by atoms with Crippen LogP contribution in [0.2, 0.25) is 5.15 Å². The summed E-state index contributed by atoms with van der Waals surface area (Å²) in [5.74, 6) is 0.365. The van der Waals surface area contributed by atoms with Gasteiger partial charge in [-0.2, -0.15) is 0 Å². The van der Waals surface area contributed by atoms with Gasteiger partial charge in [-0.1, -0.05) is 11.6 Å². The molecule has 92 valence electrons. The zero-order valence-electron chi connectivity index (χ0n) is 9.60. The molecule has 0 unspecified atom stereocenters. The van der Waals surface area contributed by atoms with Gasteiger partial charge in [0.1, 0.15) is 0 Å². The molecule has 6 heteroatoms. The zero-order chi connectivity index (χ0) is 12.3.